The fourth-order valence-electron chi connectivity index (χ4n) is 2.29. The third-order valence-electron chi connectivity index (χ3n) is 3.50. The first-order valence-corrected chi connectivity index (χ1v) is 7.00. The van der Waals surface area contributed by atoms with Crippen molar-refractivity contribution in [1.82, 2.24) is 10.2 Å². The monoisotopic (exact) mass is 264 g/mol. The van der Waals surface area contributed by atoms with Crippen LogP contribution in [-0.2, 0) is 17.9 Å². The number of aliphatic hydroxyl groups is 1. The van der Waals surface area contributed by atoms with Crippen LogP contribution in [0, 0.1) is 0 Å². The molecule has 2 rings (SSSR count). The van der Waals surface area contributed by atoms with E-state index in [-0.39, 0.29) is 6.61 Å². The van der Waals surface area contributed by atoms with Crippen molar-refractivity contribution in [3.8, 4) is 0 Å². The van der Waals surface area contributed by atoms with E-state index in [0.29, 0.717) is 6.04 Å². The van der Waals surface area contributed by atoms with E-state index in [0.717, 1.165) is 45.0 Å². The average molecular weight is 264 g/mol. The minimum absolute atomic E-state index is 0.112. The smallest absolute Gasteiger partial charge is 0.0681 e. The predicted octanol–water partition coefficient (Wildman–Crippen LogP) is 0.989. The molecule has 1 aliphatic heterocycles. The lowest BCUT2D eigenvalue weighted by Gasteiger charge is -2.29. The van der Waals surface area contributed by atoms with Gasteiger partial charge in [-0.2, -0.15) is 0 Å². The highest BCUT2D eigenvalue weighted by Gasteiger charge is 2.13. The van der Waals surface area contributed by atoms with Crippen molar-refractivity contribution in [1.29, 1.82) is 0 Å². The molecule has 4 heteroatoms. The summed E-state index contributed by atoms with van der Waals surface area (Å²) in [6, 6.07) is 8.56. The van der Waals surface area contributed by atoms with Crippen molar-refractivity contribution in [2.45, 2.75) is 26.1 Å². The van der Waals surface area contributed by atoms with E-state index in [4.69, 9.17) is 9.84 Å². The van der Waals surface area contributed by atoms with Crippen molar-refractivity contribution < 1.29 is 9.84 Å². The highest BCUT2D eigenvalue weighted by molar-refractivity contribution is 5.21. The Balaban J connectivity index is 1.71. The van der Waals surface area contributed by atoms with Gasteiger partial charge in [-0.15, -0.1) is 0 Å². The fraction of sp³-hybridized carbons (Fsp3) is 0.600. The highest BCUT2D eigenvalue weighted by Crippen LogP contribution is 2.05. The molecule has 0 amide bonds. The van der Waals surface area contributed by atoms with E-state index in [2.05, 4.69) is 29.3 Å². The second-order valence-electron chi connectivity index (χ2n) is 5.17. The first kappa shape index (κ1) is 14.5. The van der Waals surface area contributed by atoms with Crippen LogP contribution in [-0.4, -0.2) is 48.9 Å². The van der Waals surface area contributed by atoms with Crippen molar-refractivity contribution in [3.05, 3.63) is 35.4 Å². The molecular weight excluding hydrogens is 240 g/mol. The molecule has 1 atom stereocenters. The molecule has 106 valence electrons. The van der Waals surface area contributed by atoms with Gasteiger partial charge in [0.15, 0.2) is 0 Å². The van der Waals surface area contributed by atoms with Gasteiger partial charge in [-0.1, -0.05) is 24.3 Å². The van der Waals surface area contributed by atoms with E-state index in [1.807, 2.05) is 12.1 Å². The molecule has 0 bridgehead atoms. The molecule has 0 saturated carbocycles. The van der Waals surface area contributed by atoms with Crippen molar-refractivity contribution >= 4 is 0 Å². The molecule has 0 aromatic heterocycles. The number of morpholine rings is 1. The van der Waals surface area contributed by atoms with Crippen LogP contribution < -0.4 is 5.32 Å². The van der Waals surface area contributed by atoms with Gasteiger partial charge in [0.25, 0.3) is 0 Å². The van der Waals surface area contributed by atoms with Gasteiger partial charge in [-0.05, 0) is 18.1 Å². The van der Waals surface area contributed by atoms with Crippen molar-refractivity contribution in [3.63, 3.8) is 0 Å². The van der Waals surface area contributed by atoms with E-state index >= 15 is 0 Å². The van der Waals surface area contributed by atoms with E-state index in [1.54, 1.807) is 0 Å². The quantitative estimate of drug-likeness (QED) is 0.804. The summed E-state index contributed by atoms with van der Waals surface area (Å²) in [6.45, 7) is 8.06. The topological polar surface area (TPSA) is 44.7 Å². The summed E-state index contributed by atoms with van der Waals surface area (Å²) in [5.41, 5.74) is 2.22. The zero-order chi connectivity index (χ0) is 13.5. The van der Waals surface area contributed by atoms with Crippen LogP contribution in [0.4, 0.5) is 0 Å². The average Bonchev–Trinajstić information content (AvgIpc) is 2.47. The Bertz CT molecular complexity index is 361. The standard InChI is InChI=1S/C15H24N2O2/c1-13(11-17-6-8-19-9-7-17)16-10-14-2-4-15(12-18)5-3-14/h2-5,13,16,18H,6-12H2,1H3. The molecule has 1 fully saturated rings. The molecule has 4 nitrogen and oxygen atoms in total. The summed E-state index contributed by atoms with van der Waals surface area (Å²) < 4.78 is 5.35. The third-order valence-corrected chi connectivity index (χ3v) is 3.50. The van der Waals surface area contributed by atoms with Crippen LogP contribution in [0.25, 0.3) is 0 Å². The predicted molar refractivity (Wildman–Crippen MR) is 75.9 cm³/mol. The highest BCUT2D eigenvalue weighted by atomic mass is 16.5. The van der Waals surface area contributed by atoms with E-state index in [9.17, 15) is 0 Å². The van der Waals surface area contributed by atoms with E-state index < -0.39 is 0 Å². The number of aliphatic hydroxyl groups excluding tert-OH is 1. The number of hydrogen-bond acceptors (Lipinski definition) is 4. The molecule has 1 unspecified atom stereocenters. The maximum Gasteiger partial charge on any atom is 0.0681 e. The summed E-state index contributed by atoms with van der Waals surface area (Å²) >= 11 is 0. The van der Waals surface area contributed by atoms with Crippen LogP contribution in [0.15, 0.2) is 24.3 Å². The molecule has 1 aromatic rings. The normalized spacial score (nSPS) is 18.4. The summed E-state index contributed by atoms with van der Waals surface area (Å²) in [6.07, 6.45) is 0. The Morgan fingerprint density at radius 3 is 2.47 bits per heavy atom. The molecule has 0 aliphatic carbocycles. The second-order valence-corrected chi connectivity index (χ2v) is 5.17. The van der Waals surface area contributed by atoms with Crippen LogP contribution in [0.1, 0.15) is 18.1 Å². The minimum atomic E-state index is 0.112. The molecule has 1 aromatic carbocycles. The summed E-state index contributed by atoms with van der Waals surface area (Å²) in [4.78, 5) is 2.44. The number of ether oxygens (including phenoxy) is 1. The maximum absolute atomic E-state index is 9.00. The second kappa shape index (κ2) is 7.60. The van der Waals surface area contributed by atoms with Crippen molar-refractivity contribution in [2.24, 2.45) is 0 Å². The number of nitrogens with one attached hydrogen (secondary N) is 1. The first-order valence-electron chi connectivity index (χ1n) is 7.00. The van der Waals surface area contributed by atoms with Gasteiger partial charge in [-0.3, -0.25) is 4.90 Å². The summed E-state index contributed by atoms with van der Waals surface area (Å²) in [7, 11) is 0. The first-order chi connectivity index (χ1) is 9.28. The lowest BCUT2D eigenvalue weighted by atomic mass is 10.1. The Morgan fingerprint density at radius 1 is 1.21 bits per heavy atom. The molecular formula is C15H24N2O2. The number of rotatable bonds is 6. The lowest BCUT2D eigenvalue weighted by Crippen LogP contribution is -2.44. The molecule has 0 radical (unpaired) electrons. The largest absolute Gasteiger partial charge is 0.392 e. The van der Waals surface area contributed by atoms with Crippen LogP contribution >= 0.6 is 0 Å². The van der Waals surface area contributed by atoms with Crippen molar-refractivity contribution in [2.75, 3.05) is 32.8 Å². The molecule has 1 saturated heterocycles. The van der Waals surface area contributed by atoms with E-state index in [1.165, 1.54) is 5.56 Å². The SMILES string of the molecule is CC(CN1CCOCC1)NCc1ccc(CO)cc1. The maximum atomic E-state index is 9.00. The number of benzene rings is 1. The fourth-order valence-corrected chi connectivity index (χ4v) is 2.29. The molecule has 0 spiro atoms. The molecule has 2 N–H and O–H groups in total. The van der Waals surface area contributed by atoms with Crippen LogP contribution in [0.3, 0.4) is 0 Å². The minimum Gasteiger partial charge on any atom is -0.392 e. The van der Waals surface area contributed by atoms with Crippen LogP contribution in [0.5, 0.6) is 0 Å². The Kier molecular flexibility index (Phi) is 5.79. The van der Waals surface area contributed by atoms with Gasteiger partial charge in [-0.25, -0.2) is 0 Å². The lowest BCUT2D eigenvalue weighted by molar-refractivity contribution is 0.0343. The summed E-state index contributed by atoms with van der Waals surface area (Å²) in [5, 5.41) is 12.5. The molecule has 1 aliphatic rings. The summed E-state index contributed by atoms with van der Waals surface area (Å²) in [5.74, 6) is 0. The zero-order valence-electron chi connectivity index (χ0n) is 11.6. The van der Waals surface area contributed by atoms with Gasteiger partial charge in [0.05, 0.1) is 19.8 Å². The molecule has 19 heavy (non-hydrogen) atoms. The van der Waals surface area contributed by atoms with Crippen LogP contribution in [0.2, 0.25) is 0 Å². The number of hydrogen-bond donors (Lipinski definition) is 2. The zero-order valence-corrected chi connectivity index (χ0v) is 11.6. The van der Waals surface area contributed by atoms with Gasteiger partial charge in [0.2, 0.25) is 0 Å². The van der Waals surface area contributed by atoms with Gasteiger partial charge < -0.3 is 15.2 Å². The number of nitrogens with zero attached hydrogens (tertiary/aromatic N) is 1. The Labute approximate surface area is 115 Å². The molecule has 1 heterocycles. The third kappa shape index (κ3) is 4.91. The van der Waals surface area contributed by atoms with Gasteiger partial charge >= 0.3 is 0 Å². The Morgan fingerprint density at radius 2 is 1.84 bits per heavy atom. The van der Waals surface area contributed by atoms with Gasteiger partial charge in [0.1, 0.15) is 0 Å². The van der Waals surface area contributed by atoms with Gasteiger partial charge in [0, 0.05) is 32.2 Å². The Hall–Kier alpha value is -0.940.